The number of aromatic nitrogens is 4. The molecule has 1 aliphatic rings. The Bertz CT molecular complexity index is 790. The zero-order valence-electron chi connectivity index (χ0n) is 16.5. The fourth-order valence-corrected chi connectivity index (χ4v) is 3.50. The van der Waals surface area contributed by atoms with Crippen LogP contribution in [0.15, 0.2) is 4.79 Å². The molecule has 1 aliphatic heterocycles. The van der Waals surface area contributed by atoms with Crippen LogP contribution >= 0.6 is 0 Å². The van der Waals surface area contributed by atoms with Gasteiger partial charge in [0.15, 0.2) is 11.5 Å². The lowest BCUT2D eigenvalue weighted by molar-refractivity contribution is 0.135. The number of nitrogens with two attached hydrogens (primary N) is 1. The molecule has 2 aromatic heterocycles. The van der Waals surface area contributed by atoms with Gasteiger partial charge in [0.05, 0.1) is 0 Å². The maximum absolute atomic E-state index is 12.4. The van der Waals surface area contributed by atoms with Crippen molar-refractivity contribution in [1.82, 2.24) is 29.3 Å². The second kappa shape index (κ2) is 9.18. The van der Waals surface area contributed by atoms with Crippen molar-refractivity contribution in [3.05, 3.63) is 10.5 Å². The molecule has 0 saturated carbocycles. The average Bonchev–Trinajstić information content (AvgIpc) is 2.99. The second-order valence-corrected chi connectivity index (χ2v) is 7.12. The number of piperazine rings is 1. The van der Waals surface area contributed by atoms with E-state index in [4.69, 9.17) is 5.73 Å². The predicted octanol–water partition coefficient (Wildman–Crippen LogP) is 0.941. The van der Waals surface area contributed by atoms with Gasteiger partial charge in [-0.25, -0.2) is 4.79 Å². The van der Waals surface area contributed by atoms with Crippen LogP contribution in [0.5, 0.6) is 0 Å². The molecule has 0 bridgehead atoms. The van der Waals surface area contributed by atoms with Crippen molar-refractivity contribution in [1.29, 1.82) is 0 Å². The number of aromatic amines is 1. The third kappa shape index (κ3) is 4.78. The quantitative estimate of drug-likeness (QED) is 0.559. The number of rotatable bonds is 9. The lowest BCUT2D eigenvalue weighted by atomic mass is 10.3. The highest BCUT2D eigenvalue weighted by Crippen LogP contribution is 2.16. The Hall–Kier alpha value is -2.13. The summed E-state index contributed by atoms with van der Waals surface area (Å²) in [6.45, 7) is 12.3. The van der Waals surface area contributed by atoms with Gasteiger partial charge in [-0.1, -0.05) is 20.3 Å². The van der Waals surface area contributed by atoms with Gasteiger partial charge in [-0.2, -0.15) is 9.97 Å². The van der Waals surface area contributed by atoms with Gasteiger partial charge < -0.3 is 25.8 Å². The maximum atomic E-state index is 12.4. The zero-order chi connectivity index (χ0) is 19.2. The molecule has 150 valence electrons. The van der Waals surface area contributed by atoms with Gasteiger partial charge in [0.25, 0.3) is 0 Å². The summed E-state index contributed by atoms with van der Waals surface area (Å²) in [5, 5.41) is 3.19. The average molecular weight is 377 g/mol. The highest BCUT2D eigenvalue weighted by Gasteiger charge is 2.16. The number of aryl methyl sites for hydroxylation is 1. The summed E-state index contributed by atoms with van der Waals surface area (Å²) in [6, 6.07) is 0. The number of hydrogen-bond donors (Lipinski definition) is 3. The lowest BCUT2D eigenvalue weighted by Gasteiger charge is -2.33. The van der Waals surface area contributed by atoms with Crippen LogP contribution in [0, 0.1) is 0 Å². The molecule has 1 fully saturated rings. The molecule has 3 heterocycles. The van der Waals surface area contributed by atoms with Crippen molar-refractivity contribution in [2.24, 2.45) is 0 Å². The number of nitrogens with zero attached hydrogens (tertiary/aromatic N) is 5. The number of imidazole rings is 1. The number of H-pyrrole nitrogens is 1. The number of likely N-dealkylation sites (N-methyl/N-ethyl adjacent to an activating group) is 1. The molecule has 27 heavy (non-hydrogen) atoms. The van der Waals surface area contributed by atoms with Crippen molar-refractivity contribution >= 4 is 22.9 Å². The van der Waals surface area contributed by atoms with Gasteiger partial charge in [0.1, 0.15) is 5.52 Å². The molecule has 9 heteroatoms. The molecule has 0 unspecified atom stereocenters. The third-order valence-corrected chi connectivity index (χ3v) is 5.23. The summed E-state index contributed by atoms with van der Waals surface area (Å²) in [5.41, 5.74) is 6.97. The topological polar surface area (TPSA) is 108 Å². The third-order valence-electron chi connectivity index (χ3n) is 5.23. The van der Waals surface area contributed by atoms with Crippen LogP contribution in [0.2, 0.25) is 0 Å². The summed E-state index contributed by atoms with van der Waals surface area (Å²) < 4.78 is 1.68. The van der Waals surface area contributed by atoms with E-state index in [-0.39, 0.29) is 5.69 Å². The van der Waals surface area contributed by atoms with Crippen LogP contribution in [0.4, 0.5) is 11.8 Å². The lowest BCUT2D eigenvalue weighted by Crippen LogP contribution is -2.46. The molecule has 0 spiro atoms. The second-order valence-electron chi connectivity index (χ2n) is 7.12. The molecule has 0 radical (unpaired) electrons. The molecule has 0 aromatic carbocycles. The molecular formula is C18H32N8O. The summed E-state index contributed by atoms with van der Waals surface area (Å²) in [6.07, 6.45) is 3.03. The molecule has 0 aliphatic carbocycles. The van der Waals surface area contributed by atoms with E-state index in [2.05, 4.69) is 43.9 Å². The first-order valence-corrected chi connectivity index (χ1v) is 10.1. The van der Waals surface area contributed by atoms with Crippen molar-refractivity contribution < 1.29 is 0 Å². The van der Waals surface area contributed by atoms with Crippen LogP contribution in [-0.4, -0.2) is 75.1 Å². The van der Waals surface area contributed by atoms with E-state index < -0.39 is 0 Å². The standard InChI is InChI=1S/C18H32N8O/c1-3-5-7-20-17-22-15(19)14-16(23-17)26(18(27)21-14)9-6-8-25-12-10-24(4-2)11-13-25/h3-13H2,1-2H3,(H,21,27)(H3,19,20,22,23). The summed E-state index contributed by atoms with van der Waals surface area (Å²) in [5.74, 6) is 0.794. The highest BCUT2D eigenvalue weighted by molar-refractivity contribution is 5.82. The van der Waals surface area contributed by atoms with E-state index in [1.54, 1.807) is 4.57 Å². The van der Waals surface area contributed by atoms with Crippen LogP contribution in [0.1, 0.15) is 33.1 Å². The SMILES string of the molecule is CCCCNc1nc(N)c2[nH]c(=O)n(CCCN3CCN(CC)CC3)c2n1. The first-order valence-electron chi connectivity index (χ1n) is 10.1. The first-order chi connectivity index (χ1) is 13.1. The first kappa shape index (κ1) is 19.6. The van der Waals surface area contributed by atoms with E-state index in [1.807, 2.05) is 0 Å². The van der Waals surface area contributed by atoms with E-state index in [0.717, 1.165) is 65.1 Å². The van der Waals surface area contributed by atoms with Crippen molar-refractivity contribution in [3.63, 3.8) is 0 Å². The molecule has 3 rings (SSSR count). The van der Waals surface area contributed by atoms with Crippen LogP contribution < -0.4 is 16.7 Å². The van der Waals surface area contributed by atoms with E-state index in [9.17, 15) is 4.79 Å². The smallest absolute Gasteiger partial charge is 0.327 e. The van der Waals surface area contributed by atoms with Crippen LogP contribution in [0.3, 0.4) is 0 Å². The monoisotopic (exact) mass is 376 g/mol. The Morgan fingerprint density at radius 1 is 1.07 bits per heavy atom. The minimum atomic E-state index is -0.174. The van der Waals surface area contributed by atoms with E-state index in [1.165, 1.54) is 0 Å². The normalized spacial score (nSPS) is 16.2. The Morgan fingerprint density at radius 3 is 2.52 bits per heavy atom. The largest absolute Gasteiger partial charge is 0.382 e. The number of unbranched alkanes of at least 4 members (excludes halogenated alkanes) is 1. The molecule has 1 saturated heterocycles. The van der Waals surface area contributed by atoms with Crippen molar-refractivity contribution in [2.45, 2.75) is 39.7 Å². The number of anilines is 2. The molecule has 4 N–H and O–H groups in total. The Balaban J connectivity index is 1.65. The minimum Gasteiger partial charge on any atom is -0.382 e. The Morgan fingerprint density at radius 2 is 1.81 bits per heavy atom. The number of hydrogen-bond acceptors (Lipinski definition) is 7. The van der Waals surface area contributed by atoms with Gasteiger partial charge in [0.2, 0.25) is 5.95 Å². The van der Waals surface area contributed by atoms with E-state index >= 15 is 0 Å². The van der Waals surface area contributed by atoms with Gasteiger partial charge >= 0.3 is 5.69 Å². The van der Waals surface area contributed by atoms with Gasteiger partial charge in [0, 0.05) is 39.3 Å². The van der Waals surface area contributed by atoms with Crippen LogP contribution in [-0.2, 0) is 6.54 Å². The molecule has 0 amide bonds. The predicted molar refractivity (Wildman–Crippen MR) is 109 cm³/mol. The van der Waals surface area contributed by atoms with Gasteiger partial charge in [-0.3, -0.25) is 4.57 Å². The number of nitrogen functional groups attached to an aromatic ring is 1. The molecule has 9 nitrogen and oxygen atoms in total. The number of nitrogens with one attached hydrogen (secondary N) is 2. The molecular weight excluding hydrogens is 344 g/mol. The summed E-state index contributed by atoms with van der Waals surface area (Å²) in [4.78, 5) is 28.9. The molecule has 2 aromatic rings. The zero-order valence-corrected chi connectivity index (χ0v) is 16.5. The summed E-state index contributed by atoms with van der Waals surface area (Å²) >= 11 is 0. The molecule has 0 atom stereocenters. The fraction of sp³-hybridized carbons (Fsp3) is 0.722. The van der Waals surface area contributed by atoms with Crippen LogP contribution in [0.25, 0.3) is 11.2 Å². The Kier molecular flexibility index (Phi) is 6.68. The van der Waals surface area contributed by atoms with Crippen molar-refractivity contribution in [2.75, 3.05) is 56.9 Å². The van der Waals surface area contributed by atoms with Gasteiger partial charge in [-0.15, -0.1) is 0 Å². The maximum Gasteiger partial charge on any atom is 0.327 e. The minimum absolute atomic E-state index is 0.174. The number of fused-ring (bicyclic) bond motifs is 1. The highest BCUT2D eigenvalue weighted by atomic mass is 16.1. The Labute approximate surface area is 160 Å². The van der Waals surface area contributed by atoms with Crippen molar-refractivity contribution in [3.8, 4) is 0 Å². The van der Waals surface area contributed by atoms with E-state index in [0.29, 0.717) is 29.5 Å². The van der Waals surface area contributed by atoms with Gasteiger partial charge in [-0.05, 0) is 25.9 Å². The fourth-order valence-electron chi connectivity index (χ4n) is 3.50. The summed E-state index contributed by atoms with van der Waals surface area (Å²) in [7, 11) is 0.